The van der Waals surface area contributed by atoms with Gasteiger partial charge in [-0.05, 0) is 17.5 Å². The number of hydrogen-bond donors (Lipinski definition) is 0. The van der Waals surface area contributed by atoms with Crippen LogP contribution in [-0.4, -0.2) is 0 Å². The highest BCUT2D eigenvalue weighted by molar-refractivity contribution is 9.08. The minimum Gasteiger partial charge on any atom is -0.0876 e. The molecule has 1 aromatic rings. The Morgan fingerprint density at radius 1 is 1.21 bits per heavy atom. The summed E-state index contributed by atoms with van der Waals surface area (Å²) in [4.78, 5) is 0. The monoisotopic (exact) mass is 252 g/mol. The number of allylic oxidation sites excluding steroid dienone is 1. The van der Waals surface area contributed by atoms with Gasteiger partial charge in [0.25, 0.3) is 0 Å². The van der Waals surface area contributed by atoms with E-state index in [2.05, 4.69) is 59.3 Å². The first-order valence-electron chi connectivity index (χ1n) is 5.18. The lowest BCUT2D eigenvalue weighted by Gasteiger charge is -1.96. The van der Waals surface area contributed by atoms with E-state index in [-0.39, 0.29) is 0 Å². The predicted octanol–water partition coefficient (Wildman–Crippen LogP) is 4.78. The summed E-state index contributed by atoms with van der Waals surface area (Å²) >= 11 is 3.44. The van der Waals surface area contributed by atoms with Crippen LogP contribution in [0.4, 0.5) is 0 Å². The van der Waals surface area contributed by atoms with Crippen LogP contribution in [0.1, 0.15) is 37.3 Å². The lowest BCUT2D eigenvalue weighted by molar-refractivity contribution is 0.816. The van der Waals surface area contributed by atoms with Gasteiger partial charge in [0.2, 0.25) is 0 Å². The molecule has 0 fully saturated rings. The van der Waals surface area contributed by atoms with Crippen LogP contribution < -0.4 is 0 Å². The topological polar surface area (TPSA) is 0 Å². The summed E-state index contributed by atoms with van der Waals surface area (Å²) < 4.78 is 0. The molecule has 0 saturated heterocycles. The molecule has 1 aromatic carbocycles. The molecule has 0 nitrogen and oxygen atoms in total. The second kappa shape index (κ2) is 6.83. The van der Waals surface area contributed by atoms with Crippen molar-refractivity contribution in [1.82, 2.24) is 0 Å². The summed E-state index contributed by atoms with van der Waals surface area (Å²) in [7, 11) is 0. The van der Waals surface area contributed by atoms with E-state index in [1.165, 1.54) is 30.4 Å². The first kappa shape index (κ1) is 11.5. The van der Waals surface area contributed by atoms with Gasteiger partial charge in [0.15, 0.2) is 0 Å². The molecule has 0 amide bonds. The Bertz CT molecular complexity index is 272. The first-order valence-corrected chi connectivity index (χ1v) is 6.30. The van der Waals surface area contributed by atoms with Gasteiger partial charge in [-0.1, -0.05) is 72.1 Å². The third kappa shape index (κ3) is 4.10. The highest BCUT2D eigenvalue weighted by Crippen LogP contribution is 2.09. The molecule has 0 spiro atoms. The van der Waals surface area contributed by atoms with Gasteiger partial charge in [0, 0.05) is 5.33 Å². The maximum Gasteiger partial charge on any atom is 0.0283 e. The molecule has 0 atom stereocenters. The molecule has 1 rings (SSSR count). The highest BCUT2D eigenvalue weighted by Gasteiger charge is 1.89. The summed E-state index contributed by atoms with van der Waals surface area (Å²) in [5, 5.41) is 0.937. The SMILES string of the molecule is CCCCC=Cc1ccc(CBr)cc1. The van der Waals surface area contributed by atoms with Gasteiger partial charge in [-0.3, -0.25) is 0 Å². The van der Waals surface area contributed by atoms with E-state index in [9.17, 15) is 0 Å². The third-order valence-electron chi connectivity index (χ3n) is 2.17. The second-order valence-electron chi connectivity index (χ2n) is 3.42. The highest BCUT2D eigenvalue weighted by atomic mass is 79.9. The lowest BCUT2D eigenvalue weighted by atomic mass is 10.1. The van der Waals surface area contributed by atoms with Gasteiger partial charge >= 0.3 is 0 Å². The van der Waals surface area contributed by atoms with Crippen LogP contribution in [0, 0.1) is 0 Å². The van der Waals surface area contributed by atoms with Crippen molar-refractivity contribution >= 4 is 22.0 Å². The van der Waals surface area contributed by atoms with Gasteiger partial charge in [-0.2, -0.15) is 0 Å². The molecule has 1 heteroatoms. The zero-order chi connectivity index (χ0) is 10.2. The molecule has 0 aliphatic rings. The average molecular weight is 253 g/mol. The quantitative estimate of drug-likeness (QED) is 0.523. The van der Waals surface area contributed by atoms with Crippen molar-refractivity contribution in [2.75, 3.05) is 0 Å². The Hall–Kier alpha value is -0.560. The summed E-state index contributed by atoms with van der Waals surface area (Å²) in [5.41, 5.74) is 2.63. The molecule has 0 aliphatic carbocycles. The van der Waals surface area contributed by atoms with Gasteiger partial charge in [-0.15, -0.1) is 0 Å². The normalized spacial score (nSPS) is 11.0. The van der Waals surface area contributed by atoms with Gasteiger partial charge < -0.3 is 0 Å². The molecule has 0 radical (unpaired) electrons. The number of benzene rings is 1. The minimum absolute atomic E-state index is 0.937. The van der Waals surface area contributed by atoms with Crippen molar-refractivity contribution in [2.45, 2.75) is 31.5 Å². The first-order chi connectivity index (χ1) is 6.86. The Morgan fingerprint density at radius 2 is 1.93 bits per heavy atom. The minimum atomic E-state index is 0.937. The van der Waals surface area contributed by atoms with Gasteiger partial charge in [0.1, 0.15) is 0 Å². The maximum absolute atomic E-state index is 3.44. The lowest BCUT2D eigenvalue weighted by Crippen LogP contribution is -1.77. The van der Waals surface area contributed by atoms with Crippen LogP contribution in [0.2, 0.25) is 0 Å². The number of halogens is 1. The van der Waals surface area contributed by atoms with E-state index in [0.717, 1.165) is 5.33 Å². The molecule has 0 unspecified atom stereocenters. The summed E-state index contributed by atoms with van der Waals surface area (Å²) in [6.45, 7) is 2.22. The predicted molar refractivity (Wildman–Crippen MR) is 67.6 cm³/mol. The van der Waals surface area contributed by atoms with Crippen molar-refractivity contribution in [3.63, 3.8) is 0 Å². The Balaban J connectivity index is 2.47. The Kier molecular flexibility index (Phi) is 5.62. The van der Waals surface area contributed by atoms with Crippen LogP contribution >= 0.6 is 15.9 Å². The van der Waals surface area contributed by atoms with Gasteiger partial charge in [0.05, 0.1) is 0 Å². The van der Waals surface area contributed by atoms with Crippen LogP contribution in [0.3, 0.4) is 0 Å². The molecule has 0 heterocycles. The second-order valence-corrected chi connectivity index (χ2v) is 3.98. The summed E-state index contributed by atoms with van der Waals surface area (Å²) in [6, 6.07) is 8.65. The molecule has 76 valence electrons. The number of unbranched alkanes of at least 4 members (excludes halogenated alkanes) is 2. The molecule has 0 aliphatic heterocycles. The fourth-order valence-corrected chi connectivity index (χ4v) is 1.63. The molecular formula is C13H17Br. The fourth-order valence-electron chi connectivity index (χ4n) is 1.26. The van der Waals surface area contributed by atoms with E-state index < -0.39 is 0 Å². The van der Waals surface area contributed by atoms with Crippen molar-refractivity contribution in [1.29, 1.82) is 0 Å². The van der Waals surface area contributed by atoms with E-state index in [1.54, 1.807) is 0 Å². The smallest absolute Gasteiger partial charge is 0.0283 e. The Morgan fingerprint density at radius 3 is 2.50 bits per heavy atom. The van der Waals surface area contributed by atoms with Crippen molar-refractivity contribution in [2.24, 2.45) is 0 Å². The maximum atomic E-state index is 3.44. The van der Waals surface area contributed by atoms with Crippen LogP contribution in [0.25, 0.3) is 6.08 Å². The molecule has 14 heavy (non-hydrogen) atoms. The van der Waals surface area contributed by atoms with Crippen molar-refractivity contribution in [3.8, 4) is 0 Å². The average Bonchev–Trinajstić information content (AvgIpc) is 2.25. The molecule has 0 N–H and O–H groups in total. The third-order valence-corrected chi connectivity index (χ3v) is 2.82. The van der Waals surface area contributed by atoms with Gasteiger partial charge in [-0.25, -0.2) is 0 Å². The largest absolute Gasteiger partial charge is 0.0876 e. The molecule has 0 aromatic heterocycles. The van der Waals surface area contributed by atoms with Crippen molar-refractivity contribution in [3.05, 3.63) is 41.5 Å². The van der Waals surface area contributed by atoms with Crippen LogP contribution in [-0.2, 0) is 5.33 Å². The number of rotatable bonds is 5. The number of hydrogen-bond acceptors (Lipinski definition) is 0. The van der Waals surface area contributed by atoms with Crippen molar-refractivity contribution < 1.29 is 0 Å². The van der Waals surface area contributed by atoms with E-state index in [4.69, 9.17) is 0 Å². The van der Waals surface area contributed by atoms with Crippen LogP contribution in [0.15, 0.2) is 30.3 Å². The molecule has 0 bridgehead atoms. The van der Waals surface area contributed by atoms with Crippen LogP contribution in [0.5, 0.6) is 0 Å². The zero-order valence-electron chi connectivity index (χ0n) is 8.67. The fraction of sp³-hybridized carbons (Fsp3) is 0.385. The standard InChI is InChI=1S/C13H17Br/c1-2-3-4-5-6-12-7-9-13(11-14)10-8-12/h5-10H,2-4,11H2,1H3. The van der Waals surface area contributed by atoms with E-state index >= 15 is 0 Å². The molecule has 0 saturated carbocycles. The summed E-state index contributed by atoms with van der Waals surface area (Å²) in [6.07, 6.45) is 8.21. The molecular weight excluding hydrogens is 236 g/mol. The zero-order valence-corrected chi connectivity index (χ0v) is 10.3. The van der Waals surface area contributed by atoms with E-state index in [0.29, 0.717) is 0 Å². The summed E-state index contributed by atoms with van der Waals surface area (Å²) in [5.74, 6) is 0. The van der Waals surface area contributed by atoms with E-state index in [1.807, 2.05) is 0 Å². The Labute approximate surface area is 95.2 Å². The number of alkyl halides is 1.